The van der Waals surface area contributed by atoms with Gasteiger partial charge in [0.1, 0.15) is 0 Å². The minimum absolute atomic E-state index is 0.586. The minimum Gasteiger partial charge on any atom is -0.479 e. The Morgan fingerprint density at radius 2 is 1.76 bits per heavy atom. The number of ether oxygens (including phenoxy) is 1. The summed E-state index contributed by atoms with van der Waals surface area (Å²) < 4.78 is 6.07. The number of rotatable bonds is 5. The monoisotopic (exact) mass is 466 g/mol. The average molecular weight is 467 g/mol. The second-order valence-electron chi connectivity index (χ2n) is 9.69. The molecule has 2 aromatic carbocycles. The van der Waals surface area contributed by atoms with Crippen LogP contribution in [-0.4, -0.2) is 34.8 Å². The Bertz CT molecular complexity index is 1160. The van der Waals surface area contributed by atoms with Crippen molar-refractivity contribution in [2.24, 2.45) is 0 Å². The summed E-state index contributed by atoms with van der Waals surface area (Å²) in [4.78, 5) is 19.6. The third-order valence-electron chi connectivity index (χ3n) is 6.01. The Morgan fingerprint density at radius 1 is 1.09 bits per heavy atom. The molecule has 1 aliphatic rings. The Balaban J connectivity index is 2.00. The molecule has 1 aromatic heterocycles. The zero-order valence-electron chi connectivity index (χ0n) is 19.7. The number of nitrogens with zero attached hydrogens (tertiary/aromatic N) is 2. The van der Waals surface area contributed by atoms with E-state index >= 15 is 0 Å². The number of halogens is 1. The fourth-order valence-electron chi connectivity index (χ4n) is 4.57. The van der Waals surface area contributed by atoms with E-state index in [1.165, 1.54) is 19.3 Å². The summed E-state index contributed by atoms with van der Waals surface area (Å²) in [5.41, 5.74) is 4.30. The van der Waals surface area contributed by atoms with Crippen molar-refractivity contribution in [2.45, 2.75) is 58.7 Å². The highest BCUT2D eigenvalue weighted by Gasteiger charge is 2.32. The van der Waals surface area contributed by atoms with E-state index in [2.05, 4.69) is 17.0 Å². The normalized spacial score (nSPS) is 15.6. The highest BCUT2D eigenvalue weighted by Crippen LogP contribution is 2.41. The first kappa shape index (κ1) is 23.5. The van der Waals surface area contributed by atoms with Crippen LogP contribution in [0.2, 0.25) is 5.02 Å². The van der Waals surface area contributed by atoms with Gasteiger partial charge >= 0.3 is 5.97 Å². The molecule has 0 radical (unpaired) electrons. The number of aliphatic carboxylic acids is 1. The van der Waals surface area contributed by atoms with Crippen LogP contribution >= 0.6 is 11.6 Å². The van der Waals surface area contributed by atoms with Crippen LogP contribution in [-0.2, 0) is 9.53 Å². The quantitative estimate of drug-likeness (QED) is 0.448. The third kappa shape index (κ3) is 5.15. The van der Waals surface area contributed by atoms with E-state index in [9.17, 15) is 9.90 Å². The summed E-state index contributed by atoms with van der Waals surface area (Å²) in [7, 11) is 0. The number of aromatic nitrogens is 1. The number of pyridine rings is 1. The van der Waals surface area contributed by atoms with Crippen molar-refractivity contribution in [2.75, 3.05) is 18.0 Å². The third-order valence-corrected chi connectivity index (χ3v) is 6.26. The van der Waals surface area contributed by atoms with Crippen molar-refractivity contribution >= 4 is 34.2 Å². The first-order chi connectivity index (χ1) is 15.6. The Labute approximate surface area is 200 Å². The molecule has 6 heteroatoms. The van der Waals surface area contributed by atoms with E-state index in [0.717, 1.165) is 40.8 Å². The first-order valence-corrected chi connectivity index (χ1v) is 11.9. The SMILES string of the molecule is Cc1nc2ccc(N3CCCCC3)cc2c(-c2ccc(Cl)cc2)c1C(OC(C)(C)C)C(=O)O. The van der Waals surface area contributed by atoms with Crippen molar-refractivity contribution < 1.29 is 14.6 Å². The fraction of sp³-hybridized carbons (Fsp3) is 0.407. The van der Waals surface area contributed by atoms with Crippen LogP contribution in [0.5, 0.6) is 0 Å². The number of carbonyl (C=O) groups is 1. The summed E-state index contributed by atoms with van der Waals surface area (Å²) >= 11 is 6.18. The van der Waals surface area contributed by atoms with Gasteiger partial charge in [0.15, 0.2) is 6.10 Å². The Kier molecular flexibility index (Phi) is 6.64. The molecule has 0 bridgehead atoms. The number of anilines is 1. The zero-order chi connectivity index (χ0) is 23.8. The molecular formula is C27H31ClN2O3. The Morgan fingerprint density at radius 3 is 2.36 bits per heavy atom. The second kappa shape index (κ2) is 9.32. The molecule has 174 valence electrons. The van der Waals surface area contributed by atoms with Gasteiger partial charge < -0.3 is 14.7 Å². The molecule has 3 aromatic rings. The molecule has 0 aliphatic carbocycles. The molecule has 1 aliphatic heterocycles. The van der Waals surface area contributed by atoms with E-state index in [0.29, 0.717) is 16.3 Å². The van der Waals surface area contributed by atoms with Crippen molar-refractivity contribution in [1.29, 1.82) is 0 Å². The molecule has 33 heavy (non-hydrogen) atoms. The highest BCUT2D eigenvalue weighted by molar-refractivity contribution is 6.30. The molecule has 5 nitrogen and oxygen atoms in total. The number of aryl methyl sites for hydroxylation is 1. The largest absolute Gasteiger partial charge is 0.479 e. The maximum absolute atomic E-state index is 12.4. The lowest BCUT2D eigenvalue weighted by Crippen LogP contribution is -2.29. The lowest BCUT2D eigenvalue weighted by atomic mass is 9.90. The molecular weight excluding hydrogens is 436 g/mol. The Hall–Kier alpha value is -2.63. The summed E-state index contributed by atoms with van der Waals surface area (Å²) in [6.07, 6.45) is 2.47. The zero-order valence-corrected chi connectivity index (χ0v) is 20.4. The molecule has 4 rings (SSSR count). The molecule has 1 atom stereocenters. The molecule has 1 unspecified atom stereocenters. The maximum Gasteiger partial charge on any atom is 0.337 e. The van der Waals surface area contributed by atoms with E-state index in [-0.39, 0.29) is 0 Å². The molecule has 0 spiro atoms. The van der Waals surface area contributed by atoms with Crippen molar-refractivity contribution in [3.05, 3.63) is 58.7 Å². The summed E-state index contributed by atoms with van der Waals surface area (Å²) in [5, 5.41) is 11.7. The van der Waals surface area contributed by atoms with Gasteiger partial charge in [-0.15, -0.1) is 0 Å². The summed E-state index contributed by atoms with van der Waals surface area (Å²) in [5.74, 6) is -1.03. The minimum atomic E-state index is -1.15. The van der Waals surface area contributed by atoms with Gasteiger partial charge in [0.25, 0.3) is 0 Å². The topological polar surface area (TPSA) is 62.7 Å². The van der Waals surface area contributed by atoms with E-state index in [1.54, 1.807) is 0 Å². The average Bonchev–Trinajstić information content (AvgIpc) is 2.77. The van der Waals surface area contributed by atoms with E-state index in [1.807, 2.05) is 58.0 Å². The predicted octanol–water partition coefficient (Wildman–Crippen LogP) is 6.79. The van der Waals surface area contributed by atoms with Gasteiger partial charge in [0.05, 0.1) is 11.1 Å². The van der Waals surface area contributed by atoms with Crippen molar-refractivity contribution in [3.63, 3.8) is 0 Å². The summed E-state index contributed by atoms with van der Waals surface area (Å²) in [6, 6.07) is 13.8. The van der Waals surface area contributed by atoms with Crippen molar-refractivity contribution in [1.82, 2.24) is 4.98 Å². The number of carboxylic acid groups (broad SMARTS) is 1. The van der Waals surface area contributed by atoms with Crippen LogP contribution in [0.15, 0.2) is 42.5 Å². The standard InChI is InChI=1S/C27H31ClN2O3/c1-17-23(25(26(31)32)33-27(2,3)4)24(18-8-10-19(28)11-9-18)21-16-20(12-13-22(21)29-17)30-14-6-5-7-15-30/h8-13,16,25H,5-7,14-15H2,1-4H3,(H,31,32). The van der Waals surface area contributed by atoms with Gasteiger partial charge in [0.2, 0.25) is 0 Å². The van der Waals surface area contributed by atoms with Crippen LogP contribution in [0.3, 0.4) is 0 Å². The smallest absolute Gasteiger partial charge is 0.337 e. The molecule has 2 heterocycles. The van der Waals surface area contributed by atoms with Gasteiger partial charge in [-0.3, -0.25) is 4.98 Å². The van der Waals surface area contributed by atoms with Gasteiger partial charge in [-0.1, -0.05) is 23.7 Å². The number of hydrogen-bond donors (Lipinski definition) is 1. The van der Waals surface area contributed by atoms with Crippen LogP contribution in [0.1, 0.15) is 57.4 Å². The maximum atomic E-state index is 12.4. The number of piperidine rings is 1. The van der Waals surface area contributed by atoms with Gasteiger partial charge in [0, 0.05) is 40.4 Å². The van der Waals surface area contributed by atoms with Crippen LogP contribution in [0, 0.1) is 6.92 Å². The number of carboxylic acids is 1. The highest BCUT2D eigenvalue weighted by atomic mass is 35.5. The van der Waals surface area contributed by atoms with E-state index < -0.39 is 17.7 Å². The van der Waals surface area contributed by atoms with Gasteiger partial charge in [-0.2, -0.15) is 0 Å². The molecule has 0 amide bonds. The van der Waals surface area contributed by atoms with Crippen LogP contribution < -0.4 is 4.90 Å². The van der Waals surface area contributed by atoms with Crippen LogP contribution in [0.25, 0.3) is 22.0 Å². The molecule has 0 saturated carbocycles. The number of benzene rings is 2. The fourth-order valence-corrected chi connectivity index (χ4v) is 4.70. The number of hydrogen-bond acceptors (Lipinski definition) is 4. The lowest BCUT2D eigenvalue weighted by Gasteiger charge is -2.30. The predicted molar refractivity (Wildman–Crippen MR) is 134 cm³/mol. The van der Waals surface area contributed by atoms with E-state index in [4.69, 9.17) is 21.3 Å². The lowest BCUT2D eigenvalue weighted by molar-refractivity contribution is -0.160. The number of fused-ring (bicyclic) bond motifs is 1. The van der Waals surface area contributed by atoms with Crippen LogP contribution in [0.4, 0.5) is 5.69 Å². The van der Waals surface area contributed by atoms with Crippen molar-refractivity contribution in [3.8, 4) is 11.1 Å². The van der Waals surface area contributed by atoms with Gasteiger partial charge in [-0.05, 0) is 88.4 Å². The first-order valence-electron chi connectivity index (χ1n) is 11.5. The molecule has 1 fully saturated rings. The molecule has 1 saturated heterocycles. The van der Waals surface area contributed by atoms with Gasteiger partial charge in [-0.25, -0.2) is 4.79 Å². The molecule has 1 N–H and O–H groups in total. The summed E-state index contributed by atoms with van der Waals surface area (Å²) in [6.45, 7) is 9.50. The second-order valence-corrected chi connectivity index (χ2v) is 10.1.